The van der Waals surface area contributed by atoms with Gasteiger partial charge in [-0.05, 0) is 36.5 Å². The number of thioether (sulfide) groups is 2. The second kappa shape index (κ2) is 5.57. The summed E-state index contributed by atoms with van der Waals surface area (Å²) in [6, 6.07) is 1.98. The minimum absolute atomic E-state index is 0.143. The van der Waals surface area contributed by atoms with Crippen LogP contribution >= 0.6 is 23.5 Å². The third kappa shape index (κ3) is 2.05. The molecule has 0 bridgehead atoms. The van der Waals surface area contributed by atoms with Crippen molar-refractivity contribution in [3.05, 3.63) is 11.1 Å². The van der Waals surface area contributed by atoms with Crippen molar-refractivity contribution in [3.8, 4) is 6.07 Å². The number of allylic oxidation sites excluding steroid dienone is 1. The molecule has 1 aliphatic rings. The van der Waals surface area contributed by atoms with Gasteiger partial charge in [0.15, 0.2) is 11.1 Å². The third-order valence-corrected chi connectivity index (χ3v) is 4.46. The SMILES string of the molecule is CSc1n[n+](C(=C=N)C#N)c(SC)c2c1CCC2. The van der Waals surface area contributed by atoms with Gasteiger partial charge in [0.2, 0.25) is 0 Å². The molecule has 0 saturated carbocycles. The molecule has 1 aliphatic carbocycles. The van der Waals surface area contributed by atoms with Crippen LogP contribution in [-0.2, 0) is 12.8 Å². The Bertz CT molecular complexity index is 583. The minimum atomic E-state index is 0.143. The molecule has 6 heteroatoms. The van der Waals surface area contributed by atoms with Gasteiger partial charge >= 0.3 is 5.70 Å². The average Bonchev–Trinajstić information content (AvgIpc) is 2.88. The molecule has 18 heavy (non-hydrogen) atoms. The fourth-order valence-electron chi connectivity index (χ4n) is 2.19. The van der Waals surface area contributed by atoms with Gasteiger partial charge in [-0.3, -0.25) is 5.41 Å². The fourth-order valence-corrected chi connectivity index (χ4v) is 3.61. The van der Waals surface area contributed by atoms with Crippen molar-refractivity contribution >= 4 is 35.1 Å². The van der Waals surface area contributed by atoms with Gasteiger partial charge in [-0.2, -0.15) is 5.26 Å². The van der Waals surface area contributed by atoms with Crippen LogP contribution in [0.3, 0.4) is 0 Å². The normalized spacial score (nSPS) is 12.7. The molecule has 0 atom stereocenters. The monoisotopic (exact) mass is 277 g/mol. The first-order chi connectivity index (χ1) is 8.76. The summed E-state index contributed by atoms with van der Waals surface area (Å²) in [5.41, 5.74) is 2.74. The minimum Gasteiger partial charge on any atom is -0.252 e. The molecule has 0 saturated heterocycles. The Balaban J connectivity index is 2.75. The number of aromatic nitrogens is 2. The van der Waals surface area contributed by atoms with Gasteiger partial charge in [-0.25, -0.2) is 0 Å². The number of hydrogen-bond donors (Lipinski definition) is 1. The first kappa shape index (κ1) is 13.2. The average molecular weight is 277 g/mol. The lowest BCUT2D eigenvalue weighted by atomic mass is 10.2. The van der Waals surface area contributed by atoms with Crippen molar-refractivity contribution in [2.24, 2.45) is 0 Å². The van der Waals surface area contributed by atoms with Crippen LogP contribution in [-0.4, -0.2) is 23.5 Å². The Morgan fingerprint density at radius 3 is 2.61 bits per heavy atom. The van der Waals surface area contributed by atoms with Crippen LogP contribution in [0, 0.1) is 16.7 Å². The molecule has 0 aliphatic heterocycles. The molecule has 0 amide bonds. The van der Waals surface area contributed by atoms with Gasteiger partial charge in [-0.15, -0.1) is 11.8 Å². The van der Waals surface area contributed by atoms with E-state index in [-0.39, 0.29) is 5.70 Å². The Hall–Kier alpha value is -1.28. The maximum atomic E-state index is 9.07. The second-order valence-electron chi connectivity index (χ2n) is 3.83. The molecular formula is C12H13N4S2+. The largest absolute Gasteiger partial charge is 0.377 e. The Labute approximate surface area is 115 Å². The van der Waals surface area contributed by atoms with E-state index in [9.17, 15) is 0 Å². The zero-order chi connectivity index (χ0) is 13.1. The van der Waals surface area contributed by atoms with E-state index in [1.165, 1.54) is 11.1 Å². The second-order valence-corrected chi connectivity index (χ2v) is 5.42. The molecule has 92 valence electrons. The van der Waals surface area contributed by atoms with E-state index < -0.39 is 0 Å². The highest BCUT2D eigenvalue weighted by Crippen LogP contribution is 2.33. The zero-order valence-electron chi connectivity index (χ0n) is 10.3. The van der Waals surface area contributed by atoms with Gasteiger partial charge in [0.05, 0.1) is 5.87 Å². The summed E-state index contributed by atoms with van der Waals surface area (Å²) < 4.78 is 1.56. The number of rotatable bonds is 3. The molecular weight excluding hydrogens is 264 g/mol. The predicted molar refractivity (Wildman–Crippen MR) is 73.1 cm³/mol. The zero-order valence-corrected chi connectivity index (χ0v) is 11.9. The Kier molecular flexibility index (Phi) is 4.07. The maximum absolute atomic E-state index is 9.07. The summed E-state index contributed by atoms with van der Waals surface area (Å²) in [7, 11) is 0. The molecule has 1 aromatic rings. The number of nitrogens with zero attached hydrogens (tertiary/aromatic N) is 3. The molecule has 1 aromatic heterocycles. The number of nitriles is 1. The first-order valence-electron chi connectivity index (χ1n) is 5.53. The molecule has 2 rings (SSSR count). The van der Waals surface area contributed by atoms with Gasteiger partial charge in [-0.1, -0.05) is 11.8 Å². The highest BCUT2D eigenvalue weighted by atomic mass is 32.2. The lowest BCUT2D eigenvalue weighted by Crippen LogP contribution is -2.41. The molecule has 1 heterocycles. The van der Waals surface area contributed by atoms with Crippen LogP contribution in [0.25, 0.3) is 5.70 Å². The van der Waals surface area contributed by atoms with Crippen molar-refractivity contribution in [3.63, 3.8) is 0 Å². The van der Waals surface area contributed by atoms with Gasteiger partial charge in [0.1, 0.15) is 0 Å². The number of nitrogens with one attached hydrogen (secondary N) is 1. The van der Waals surface area contributed by atoms with Gasteiger partial charge in [0.25, 0.3) is 5.03 Å². The summed E-state index contributed by atoms with van der Waals surface area (Å²) >= 11 is 3.17. The highest BCUT2D eigenvalue weighted by molar-refractivity contribution is 7.98. The van der Waals surface area contributed by atoms with Crippen LogP contribution in [0.15, 0.2) is 10.1 Å². The third-order valence-electron chi connectivity index (χ3n) is 2.94. The number of fused-ring (bicyclic) bond motifs is 1. The number of hydrogen-bond acceptors (Lipinski definition) is 5. The van der Waals surface area contributed by atoms with Crippen LogP contribution in [0.2, 0.25) is 0 Å². The standard InChI is InChI=1S/C12H13N4S2/c1-17-11-9-4-3-5-10(9)12(18-2)16(15-11)8(6-13)7-14/h13H,3-5H2,1-2H3/q+1. The lowest BCUT2D eigenvalue weighted by Gasteiger charge is -2.05. The summed E-state index contributed by atoms with van der Waals surface area (Å²) in [5.74, 6) is 2.17. The Morgan fingerprint density at radius 1 is 1.33 bits per heavy atom. The molecule has 0 spiro atoms. The van der Waals surface area contributed by atoms with Crippen LogP contribution < -0.4 is 4.68 Å². The van der Waals surface area contributed by atoms with Crippen LogP contribution in [0.1, 0.15) is 17.5 Å². The van der Waals surface area contributed by atoms with Gasteiger partial charge in [0, 0.05) is 16.2 Å². The summed E-state index contributed by atoms with van der Waals surface area (Å²) in [6.07, 6.45) is 7.19. The Morgan fingerprint density at radius 2 is 2.06 bits per heavy atom. The van der Waals surface area contributed by atoms with Gasteiger partial charge < -0.3 is 0 Å². The molecule has 1 N–H and O–H groups in total. The summed E-state index contributed by atoms with van der Waals surface area (Å²) in [5, 5.41) is 22.7. The summed E-state index contributed by atoms with van der Waals surface area (Å²) in [6.45, 7) is 0. The molecule has 0 fully saturated rings. The van der Waals surface area contributed by atoms with Crippen molar-refractivity contribution in [1.29, 1.82) is 10.7 Å². The topological polar surface area (TPSA) is 64.4 Å². The van der Waals surface area contributed by atoms with E-state index in [1.54, 1.807) is 28.2 Å². The lowest BCUT2D eigenvalue weighted by molar-refractivity contribution is -0.684. The van der Waals surface area contributed by atoms with Crippen LogP contribution in [0.4, 0.5) is 0 Å². The van der Waals surface area contributed by atoms with Crippen molar-refractivity contribution in [2.45, 2.75) is 29.3 Å². The first-order valence-corrected chi connectivity index (χ1v) is 7.98. The van der Waals surface area contributed by atoms with Crippen LogP contribution in [0.5, 0.6) is 0 Å². The smallest absolute Gasteiger partial charge is 0.252 e. The van der Waals surface area contributed by atoms with E-state index in [4.69, 9.17) is 10.7 Å². The van der Waals surface area contributed by atoms with Crippen molar-refractivity contribution in [1.82, 2.24) is 5.10 Å². The highest BCUT2D eigenvalue weighted by Gasteiger charge is 2.31. The molecule has 4 nitrogen and oxygen atoms in total. The molecule has 0 unspecified atom stereocenters. The van der Waals surface area contributed by atoms with E-state index in [0.717, 1.165) is 29.3 Å². The van der Waals surface area contributed by atoms with E-state index in [0.29, 0.717) is 0 Å². The predicted octanol–water partition coefficient (Wildman–Crippen LogP) is 1.91. The quantitative estimate of drug-likeness (QED) is 0.397. The van der Waals surface area contributed by atoms with E-state index in [2.05, 4.69) is 11.0 Å². The van der Waals surface area contributed by atoms with Crippen molar-refractivity contribution in [2.75, 3.05) is 12.5 Å². The van der Waals surface area contributed by atoms with Crippen molar-refractivity contribution < 1.29 is 4.68 Å². The maximum Gasteiger partial charge on any atom is 0.377 e. The molecule has 0 aromatic carbocycles. The molecule has 0 radical (unpaired) electrons. The van der Waals surface area contributed by atoms with E-state index >= 15 is 0 Å². The fraction of sp³-hybridized carbons (Fsp3) is 0.417. The van der Waals surface area contributed by atoms with E-state index in [1.807, 2.05) is 18.6 Å². The summed E-state index contributed by atoms with van der Waals surface area (Å²) in [4.78, 5) is 0.